The molecule has 0 fully saturated rings. The van der Waals surface area contributed by atoms with Crippen LogP contribution in [0.25, 0.3) is 5.82 Å². The van der Waals surface area contributed by atoms with E-state index in [0.717, 1.165) is 30.9 Å². The zero-order chi connectivity index (χ0) is 13.0. The maximum absolute atomic E-state index is 4.64. The fourth-order valence-electron chi connectivity index (χ4n) is 2.03. The summed E-state index contributed by atoms with van der Waals surface area (Å²) in [5.41, 5.74) is 3.50. The Morgan fingerprint density at radius 2 is 2.11 bits per heavy atom. The van der Waals surface area contributed by atoms with Crippen LogP contribution in [0, 0.1) is 0 Å². The zero-order valence-electron chi connectivity index (χ0n) is 11.3. The Labute approximate surface area is 108 Å². The molecule has 2 rings (SSSR count). The van der Waals surface area contributed by atoms with Crippen molar-refractivity contribution in [3.63, 3.8) is 0 Å². The first-order valence-electron chi connectivity index (χ1n) is 6.46. The van der Waals surface area contributed by atoms with Gasteiger partial charge in [0, 0.05) is 24.0 Å². The van der Waals surface area contributed by atoms with E-state index in [4.69, 9.17) is 0 Å². The first-order chi connectivity index (χ1) is 8.80. The standard InChI is InChI=1S/C14H20N4/c1-4-12-9-13(5-2)18(17-12)14-11(10-15-3)7-6-8-16-14/h6-9,15H,4-5,10H2,1-3H3. The minimum Gasteiger partial charge on any atom is -0.316 e. The van der Waals surface area contributed by atoms with Crippen LogP contribution in [-0.4, -0.2) is 21.8 Å². The molecule has 4 nitrogen and oxygen atoms in total. The van der Waals surface area contributed by atoms with Crippen molar-refractivity contribution in [3.8, 4) is 5.82 Å². The highest BCUT2D eigenvalue weighted by atomic mass is 15.3. The van der Waals surface area contributed by atoms with Crippen LogP contribution in [0.3, 0.4) is 0 Å². The van der Waals surface area contributed by atoms with E-state index in [9.17, 15) is 0 Å². The van der Waals surface area contributed by atoms with E-state index >= 15 is 0 Å². The van der Waals surface area contributed by atoms with Gasteiger partial charge in [-0.1, -0.05) is 19.9 Å². The largest absolute Gasteiger partial charge is 0.316 e. The van der Waals surface area contributed by atoms with E-state index in [1.807, 2.05) is 24.0 Å². The van der Waals surface area contributed by atoms with Gasteiger partial charge in [0.25, 0.3) is 0 Å². The number of rotatable bonds is 5. The number of hydrogen-bond acceptors (Lipinski definition) is 3. The molecule has 0 aliphatic heterocycles. The molecule has 96 valence electrons. The average Bonchev–Trinajstić information content (AvgIpc) is 2.83. The minimum absolute atomic E-state index is 0.799. The molecule has 0 unspecified atom stereocenters. The summed E-state index contributed by atoms with van der Waals surface area (Å²) in [7, 11) is 1.94. The number of aryl methyl sites for hydroxylation is 2. The van der Waals surface area contributed by atoms with Crippen molar-refractivity contribution in [2.24, 2.45) is 0 Å². The van der Waals surface area contributed by atoms with Gasteiger partial charge in [-0.15, -0.1) is 0 Å². The molecule has 2 aromatic rings. The third-order valence-corrected chi connectivity index (χ3v) is 2.99. The molecule has 0 amide bonds. The monoisotopic (exact) mass is 244 g/mol. The van der Waals surface area contributed by atoms with Crippen molar-refractivity contribution in [2.75, 3.05) is 7.05 Å². The molecular weight excluding hydrogens is 224 g/mol. The van der Waals surface area contributed by atoms with Crippen molar-refractivity contribution < 1.29 is 0 Å². The van der Waals surface area contributed by atoms with Crippen LogP contribution in [0.4, 0.5) is 0 Å². The molecule has 0 saturated carbocycles. The highest BCUT2D eigenvalue weighted by molar-refractivity contribution is 5.35. The zero-order valence-corrected chi connectivity index (χ0v) is 11.3. The molecule has 0 spiro atoms. The van der Waals surface area contributed by atoms with Gasteiger partial charge in [-0.2, -0.15) is 5.10 Å². The molecule has 0 aliphatic rings. The second-order valence-corrected chi connectivity index (χ2v) is 4.26. The second kappa shape index (κ2) is 5.78. The van der Waals surface area contributed by atoms with Gasteiger partial charge in [0.2, 0.25) is 0 Å². The Bertz CT molecular complexity index is 516. The number of nitrogens with one attached hydrogen (secondary N) is 1. The second-order valence-electron chi connectivity index (χ2n) is 4.26. The molecule has 2 heterocycles. The van der Waals surface area contributed by atoms with Gasteiger partial charge in [-0.25, -0.2) is 9.67 Å². The van der Waals surface area contributed by atoms with E-state index in [1.165, 1.54) is 11.3 Å². The maximum atomic E-state index is 4.64. The van der Waals surface area contributed by atoms with Gasteiger partial charge in [-0.05, 0) is 32.0 Å². The number of nitrogens with zero attached hydrogens (tertiary/aromatic N) is 3. The molecule has 0 bridgehead atoms. The van der Waals surface area contributed by atoms with E-state index < -0.39 is 0 Å². The smallest absolute Gasteiger partial charge is 0.158 e. The molecule has 1 N–H and O–H groups in total. The molecular formula is C14H20N4. The Morgan fingerprint density at radius 3 is 2.78 bits per heavy atom. The summed E-state index contributed by atoms with van der Waals surface area (Å²) in [5, 5.41) is 7.81. The van der Waals surface area contributed by atoms with E-state index in [0.29, 0.717) is 0 Å². The van der Waals surface area contributed by atoms with Gasteiger partial charge in [0.05, 0.1) is 5.69 Å². The van der Waals surface area contributed by atoms with Crippen molar-refractivity contribution in [1.82, 2.24) is 20.1 Å². The normalized spacial score (nSPS) is 10.8. The summed E-state index contributed by atoms with van der Waals surface area (Å²) in [5.74, 6) is 0.934. The minimum atomic E-state index is 0.799. The molecule has 0 saturated heterocycles. The van der Waals surface area contributed by atoms with Crippen molar-refractivity contribution >= 4 is 0 Å². The summed E-state index contributed by atoms with van der Waals surface area (Å²) in [6, 6.07) is 6.22. The van der Waals surface area contributed by atoms with Crippen LogP contribution < -0.4 is 5.32 Å². The molecule has 0 atom stereocenters. The van der Waals surface area contributed by atoms with Crippen molar-refractivity contribution in [1.29, 1.82) is 0 Å². The summed E-state index contributed by atoms with van der Waals surface area (Å²) in [4.78, 5) is 4.48. The lowest BCUT2D eigenvalue weighted by molar-refractivity contribution is 0.737. The summed E-state index contributed by atoms with van der Waals surface area (Å²) in [6.07, 6.45) is 3.73. The fraction of sp³-hybridized carbons (Fsp3) is 0.429. The number of hydrogen-bond donors (Lipinski definition) is 1. The Balaban J connectivity index is 2.50. The van der Waals surface area contributed by atoms with Gasteiger partial charge < -0.3 is 5.32 Å². The predicted octanol–water partition coefficient (Wildman–Crippen LogP) is 2.11. The summed E-state index contributed by atoms with van der Waals surface area (Å²) in [6.45, 7) is 5.07. The Kier molecular flexibility index (Phi) is 4.10. The van der Waals surface area contributed by atoms with Gasteiger partial charge >= 0.3 is 0 Å². The molecule has 4 heteroatoms. The highest BCUT2D eigenvalue weighted by Crippen LogP contribution is 2.15. The lowest BCUT2D eigenvalue weighted by atomic mass is 10.2. The predicted molar refractivity (Wildman–Crippen MR) is 72.9 cm³/mol. The maximum Gasteiger partial charge on any atom is 0.158 e. The lowest BCUT2D eigenvalue weighted by Gasteiger charge is -2.10. The molecule has 0 aromatic carbocycles. The van der Waals surface area contributed by atoms with E-state index in [-0.39, 0.29) is 0 Å². The summed E-state index contributed by atoms with van der Waals surface area (Å²) >= 11 is 0. The lowest BCUT2D eigenvalue weighted by Crippen LogP contribution is -2.12. The van der Waals surface area contributed by atoms with Gasteiger partial charge in [0.15, 0.2) is 5.82 Å². The molecule has 0 radical (unpaired) electrons. The Hall–Kier alpha value is -1.68. The van der Waals surface area contributed by atoms with Crippen molar-refractivity contribution in [2.45, 2.75) is 33.2 Å². The van der Waals surface area contributed by atoms with Crippen LogP contribution in [0.5, 0.6) is 0 Å². The van der Waals surface area contributed by atoms with Crippen LogP contribution in [0.1, 0.15) is 30.8 Å². The van der Waals surface area contributed by atoms with Gasteiger partial charge in [-0.3, -0.25) is 0 Å². The van der Waals surface area contributed by atoms with Crippen molar-refractivity contribution in [3.05, 3.63) is 41.3 Å². The quantitative estimate of drug-likeness (QED) is 0.876. The highest BCUT2D eigenvalue weighted by Gasteiger charge is 2.11. The SMILES string of the molecule is CCc1cc(CC)n(-c2ncccc2CNC)n1. The van der Waals surface area contributed by atoms with Crippen LogP contribution in [0.2, 0.25) is 0 Å². The molecule has 2 aromatic heterocycles. The third kappa shape index (κ3) is 2.43. The first-order valence-corrected chi connectivity index (χ1v) is 6.46. The first kappa shape index (κ1) is 12.8. The fourth-order valence-corrected chi connectivity index (χ4v) is 2.03. The number of pyridine rings is 1. The van der Waals surface area contributed by atoms with Crippen LogP contribution >= 0.6 is 0 Å². The molecule has 0 aliphatic carbocycles. The Morgan fingerprint density at radius 1 is 1.28 bits per heavy atom. The van der Waals surface area contributed by atoms with Crippen LogP contribution in [-0.2, 0) is 19.4 Å². The average molecular weight is 244 g/mol. The molecule has 18 heavy (non-hydrogen) atoms. The summed E-state index contributed by atoms with van der Waals surface area (Å²) < 4.78 is 1.98. The third-order valence-electron chi connectivity index (χ3n) is 2.99. The van der Waals surface area contributed by atoms with E-state index in [2.05, 4.69) is 41.4 Å². The number of aromatic nitrogens is 3. The van der Waals surface area contributed by atoms with Gasteiger partial charge in [0.1, 0.15) is 0 Å². The van der Waals surface area contributed by atoms with Crippen LogP contribution in [0.15, 0.2) is 24.4 Å². The van der Waals surface area contributed by atoms with E-state index in [1.54, 1.807) is 0 Å². The topological polar surface area (TPSA) is 42.7 Å².